The summed E-state index contributed by atoms with van der Waals surface area (Å²) in [5, 5.41) is 4.74. The van der Waals surface area contributed by atoms with Crippen LogP contribution in [0.3, 0.4) is 0 Å². The van der Waals surface area contributed by atoms with Gasteiger partial charge >= 0.3 is 0 Å². The first-order valence-electron chi connectivity index (χ1n) is 6.27. The van der Waals surface area contributed by atoms with Crippen molar-refractivity contribution in [2.45, 2.75) is 40.3 Å². The van der Waals surface area contributed by atoms with E-state index in [1.165, 1.54) is 21.4 Å². The molecule has 0 radical (unpaired) electrons. The highest BCUT2D eigenvalue weighted by Crippen LogP contribution is 2.36. The summed E-state index contributed by atoms with van der Waals surface area (Å²) < 4.78 is 0. The molecule has 0 saturated carbocycles. The van der Waals surface area contributed by atoms with E-state index in [9.17, 15) is 0 Å². The van der Waals surface area contributed by atoms with Gasteiger partial charge in [0.05, 0.1) is 11.4 Å². The van der Waals surface area contributed by atoms with E-state index in [1.54, 1.807) is 11.3 Å². The summed E-state index contributed by atoms with van der Waals surface area (Å²) >= 11 is 1.76. The number of amidine groups is 1. The molecule has 1 aliphatic heterocycles. The average molecular weight is 259 g/mol. The van der Waals surface area contributed by atoms with Crippen LogP contribution in [-0.4, -0.2) is 16.9 Å². The minimum Gasteiger partial charge on any atom is -0.367 e. The van der Waals surface area contributed by atoms with Crippen molar-refractivity contribution in [2.75, 3.05) is 0 Å². The molecule has 2 aromatic rings. The standard InChI is InChI=1S/C14H17N3S/c1-7(2)16-13-12-10(6-15-13)11-8(3)5-9(4)17-14(11)18-12/h5,7H,6H2,1-4H3,(H,15,16). The van der Waals surface area contributed by atoms with E-state index in [2.05, 4.69) is 49.1 Å². The van der Waals surface area contributed by atoms with Crippen molar-refractivity contribution in [1.29, 1.82) is 0 Å². The van der Waals surface area contributed by atoms with Crippen LogP contribution in [0.4, 0.5) is 0 Å². The highest BCUT2D eigenvalue weighted by Gasteiger charge is 2.23. The number of aryl methyl sites for hydroxylation is 2. The predicted molar refractivity (Wildman–Crippen MR) is 77.6 cm³/mol. The molecular formula is C14H17N3S. The highest BCUT2D eigenvalue weighted by atomic mass is 32.1. The highest BCUT2D eigenvalue weighted by molar-refractivity contribution is 7.20. The first-order chi connectivity index (χ1) is 8.56. The number of nitrogens with one attached hydrogen (secondary N) is 1. The van der Waals surface area contributed by atoms with Gasteiger partial charge < -0.3 is 5.32 Å². The van der Waals surface area contributed by atoms with E-state index in [1.807, 2.05) is 0 Å². The Bertz CT molecular complexity index is 653. The molecular weight excluding hydrogens is 242 g/mol. The lowest BCUT2D eigenvalue weighted by atomic mass is 10.1. The fourth-order valence-electron chi connectivity index (χ4n) is 2.47. The second kappa shape index (κ2) is 4.05. The lowest BCUT2D eigenvalue weighted by Crippen LogP contribution is -2.29. The summed E-state index contributed by atoms with van der Waals surface area (Å²) in [6, 6.07) is 2.57. The van der Waals surface area contributed by atoms with Crippen molar-refractivity contribution in [3.05, 3.63) is 27.8 Å². The normalized spacial score (nSPS) is 14.2. The van der Waals surface area contributed by atoms with E-state index < -0.39 is 0 Å². The molecule has 18 heavy (non-hydrogen) atoms. The first kappa shape index (κ1) is 11.7. The summed E-state index contributed by atoms with van der Waals surface area (Å²) in [5.41, 5.74) is 3.76. The molecule has 0 spiro atoms. The maximum absolute atomic E-state index is 4.65. The second-order valence-electron chi connectivity index (χ2n) is 5.13. The molecule has 0 fully saturated rings. The summed E-state index contributed by atoms with van der Waals surface area (Å²) in [7, 11) is 0. The van der Waals surface area contributed by atoms with Gasteiger partial charge in [-0.25, -0.2) is 4.98 Å². The van der Waals surface area contributed by atoms with Crippen LogP contribution in [0.15, 0.2) is 11.1 Å². The summed E-state index contributed by atoms with van der Waals surface area (Å²) in [6.07, 6.45) is 0. The predicted octanol–water partition coefficient (Wildman–Crippen LogP) is 3.17. The van der Waals surface area contributed by atoms with E-state index in [-0.39, 0.29) is 0 Å². The molecule has 0 bridgehead atoms. The van der Waals surface area contributed by atoms with Crippen LogP contribution < -0.4 is 5.32 Å². The lowest BCUT2D eigenvalue weighted by Gasteiger charge is -2.08. The Labute approximate surface area is 111 Å². The number of rotatable bonds is 1. The largest absolute Gasteiger partial charge is 0.367 e. The van der Waals surface area contributed by atoms with E-state index in [0.717, 1.165) is 22.9 Å². The fourth-order valence-corrected chi connectivity index (χ4v) is 3.75. The number of nitrogens with zero attached hydrogens (tertiary/aromatic N) is 2. The molecule has 3 nitrogen and oxygen atoms in total. The maximum Gasteiger partial charge on any atom is 0.139 e. The Morgan fingerprint density at radius 1 is 1.33 bits per heavy atom. The van der Waals surface area contributed by atoms with Crippen molar-refractivity contribution in [1.82, 2.24) is 10.3 Å². The quantitative estimate of drug-likeness (QED) is 0.854. The van der Waals surface area contributed by atoms with Crippen molar-refractivity contribution < 1.29 is 0 Å². The van der Waals surface area contributed by atoms with E-state index in [0.29, 0.717) is 6.04 Å². The van der Waals surface area contributed by atoms with Crippen molar-refractivity contribution in [2.24, 2.45) is 4.99 Å². The maximum atomic E-state index is 4.65. The summed E-state index contributed by atoms with van der Waals surface area (Å²) in [6.45, 7) is 9.29. The Morgan fingerprint density at radius 3 is 2.83 bits per heavy atom. The van der Waals surface area contributed by atoms with Gasteiger partial charge in [0.2, 0.25) is 0 Å². The van der Waals surface area contributed by atoms with Crippen molar-refractivity contribution in [3.63, 3.8) is 0 Å². The van der Waals surface area contributed by atoms with Gasteiger partial charge in [-0.05, 0) is 39.3 Å². The van der Waals surface area contributed by atoms with Gasteiger partial charge in [0.15, 0.2) is 0 Å². The van der Waals surface area contributed by atoms with Crippen LogP contribution in [0.5, 0.6) is 0 Å². The fraction of sp³-hybridized carbons (Fsp3) is 0.429. The SMILES string of the molecule is Cc1cc(C)c2c3c(sc2n1)C(NC(C)C)=NC3. The van der Waals surface area contributed by atoms with Gasteiger partial charge in [-0.1, -0.05) is 0 Å². The Hall–Kier alpha value is -1.42. The van der Waals surface area contributed by atoms with Crippen LogP contribution >= 0.6 is 11.3 Å². The molecule has 4 heteroatoms. The zero-order chi connectivity index (χ0) is 12.9. The molecule has 3 heterocycles. The van der Waals surface area contributed by atoms with Gasteiger partial charge in [-0.2, -0.15) is 0 Å². The molecule has 0 aliphatic carbocycles. The Morgan fingerprint density at radius 2 is 2.11 bits per heavy atom. The van der Waals surface area contributed by atoms with Crippen LogP contribution in [0, 0.1) is 13.8 Å². The molecule has 2 aromatic heterocycles. The second-order valence-corrected chi connectivity index (χ2v) is 6.13. The number of aliphatic imine (C=N–C) groups is 1. The number of aromatic nitrogens is 1. The zero-order valence-electron chi connectivity index (χ0n) is 11.2. The molecule has 1 N–H and O–H groups in total. The summed E-state index contributed by atoms with van der Waals surface area (Å²) in [4.78, 5) is 11.7. The van der Waals surface area contributed by atoms with Crippen LogP contribution in [0.1, 0.15) is 35.5 Å². The molecule has 94 valence electrons. The molecule has 0 atom stereocenters. The number of thiophene rings is 1. The number of hydrogen-bond acceptors (Lipinski definition) is 4. The molecule has 0 saturated heterocycles. The van der Waals surface area contributed by atoms with Gasteiger partial charge in [0.25, 0.3) is 0 Å². The molecule has 0 aromatic carbocycles. The zero-order valence-corrected chi connectivity index (χ0v) is 12.0. The summed E-state index contributed by atoms with van der Waals surface area (Å²) in [5.74, 6) is 1.04. The average Bonchev–Trinajstić information content (AvgIpc) is 2.77. The minimum absolute atomic E-state index is 0.413. The number of hydrogen-bond donors (Lipinski definition) is 1. The third kappa shape index (κ3) is 1.72. The van der Waals surface area contributed by atoms with Crippen LogP contribution in [-0.2, 0) is 6.54 Å². The topological polar surface area (TPSA) is 37.3 Å². The third-order valence-electron chi connectivity index (χ3n) is 3.12. The molecule has 1 aliphatic rings. The van der Waals surface area contributed by atoms with Gasteiger partial charge in [-0.3, -0.25) is 4.99 Å². The lowest BCUT2D eigenvalue weighted by molar-refractivity contribution is 0.734. The smallest absolute Gasteiger partial charge is 0.139 e. The molecule has 3 rings (SSSR count). The van der Waals surface area contributed by atoms with Crippen molar-refractivity contribution >= 4 is 27.4 Å². The minimum atomic E-state index is 0.413. The van der Waals surface area contributed by atoms with Crippen LogP contribution in [0.2, 0.25) is 0 Å². The molecule has 0 unspecified atom stereocenters. The Kier molecular flexibility index (Phi) is 2.63. The Balaban J connectivity index is 2.16. The van der Waals surface area contributed by atoms with Gasteiger partial charge in [-0.15, -0.1) is 11.3 Å². The van der Waals surface area contributed by atoms with Crippen LogP contribution in [0.25, 0.3) is 10.2 Å². The third-order valence-corrected chi connectivity index (χ3v) is 4.25. The van der Waals surface area contributed by atoms with Gasteiger partial charge in [0, 0.05) is 22.7 Å². The number of pyridine rings is 1. The monoisotopic (exact) mass is 259 g/mol. The van der Waals surface area contributed by atoms with E-state index in [4.69, 9.17) is 0 Å². The van der Waals surface area contributed by atoms with Gasteiger partial charge in [0.1, 0.15) is 10.7 Å². The first-order valence-corrected chi connectivity index (χ1v) is 7.09. The van der Waals surface area contributed by atoms with Crippen molar-refractivity contribution in [3.8, 4) is 0 Å². The van der Waals surface area contributed by atoms with E-state index >= 15 is 0 Å². The molecule has 0 amide bonds. The number of fused-ring (bicyclic) bond motifs is 3.